The van der Waals surface area contributed by atoms with E-state index in [2.05, 4.69) is 68.3 Å². The van der Waals surface area contributed by atoms with E-state index in [4.69, 9.17) is 10.5 Å². The van der Waals surface area contributed by atoms with Gasteiger partial charge in [0.05, 0.1) is 19.2 Å². The van der Waals surface area contributed by atoms with Crippen molar-refractivity contribution < 1.29 is 4.74 Å². The Balaban J connectivity index is 1.44. The Morgan fingerprint density at radius 1 is 1.06 bits per heavy atom. The lowest BCUT2D eigenvalue weighted by atomic mass is 9.98. The number of aromatic nitrogens is 3. The quantitative estimate of drug-likeness (QED) is 0.300. The van der Waals surface area contributed by atoms with Crippen molar-refractivity contribution >= 4 is 22.8 Å². The van der Waals surface area contributed by atoms with Crippen LogP contribution in [0.4, 0.5) is 11.8 Å². The zero-order valence-electron chi connectivity index (χ0n) is 21.5. The molecular formula is C27H41N7O. The van der Waals surface area contributed by atoms with Crippen LogP contribution in [0, 0.1) is 5.92 Å². The maximum Gasteiger partial charge on any atom is 0.222 e. The number of hydrogen-bond donors (Lipinski definition) is 3. The van der Waals surface area contributed by atoms with Crippen LogP contribution in [0.1, 0.15) is 50.7 Å². The molecule has 3 heterocycles. The average molecular weight is 480 g/mol. The first-order chi connectivity index (χ1) is 17.1. The Morgan fingerprint density at radius 3 is 2.69 bits per heavy atom. The molecule has 2 aromatic heterocycles. The van der Waals surface area contributed by atoms with Gasteiger partial charge in [-0.2, -0.15) is 4.98 Å². The van der Waals surface area contributed by atoms with E-state index in [-0.39, 0.29) is 0 Å². The number of nitrogens with one attached hydrogen (secondary N) is 2. The monoisotopic (exact) mass is 479 g/mol. The van der Waals surface area contributed by atoms with E-state index in [1.807, 2.05) is 6.07 Å². The van der Waals surface area contributed by atoms with Gasteiger partial charge in [-0.15, -0.1) is 0 Å². The zero-order chi connectivity index (χ0) is 24.6. The number of anilines is 2. The van der Waals surface area contributed by atoms with Crippen LogP contribution in [-0.2, 0) is 13.1 Å². The van der Waals surface area contributed by atoms with Gasteiger partial charge in [-0.05, 0) is 43.0 Å². The third-order valence-corrected chi connectivity index (χ3v) is 6.69. The van der Waals surface area contributed by atoms with E-state index in [1.165, 1.54) is 24.8 Å². The molecule has 0 saturated carbocycles. The number of ether oxygens (including phenoxy) is 1. The second-order valence-electron chi connectivity index (χ2n) is 9.65. The minimum atomic E-state index is 0.296. The van der Waals surface area contributed by atoms with Gasteiger partial charge < -0.3 is 25.7 Å². The highest BCUT2D eigenvalue weighted by molar-refractivity contribution is 5.87. The van der Waals surface area contributed by atoms with Crippen LogP contribution in [0.5, 0.6) is 5.75 Å². The van der Waals surface area contributed by atoms with Gasteiger partial charge in [0.1, 0.15) is 11.3 Å². The molecule has 0 spiro atoms. The van der Waals surface area contributed by atoms with Crippen molar-refractivity contribution in [3.8, 4) is 5.75 Å². The van der Waals surface area contributed by atoms with Crippen molar-refractivity contribution in [2.45, 2.75) is 52.6 Å². The maximum absolute atomic E-state index is 5.98. The molecule has 0 bridgehead atoms. The molecule has 0 amide bonds. The van der Waals surface area contributed by atoms with E-state index in [0.29, 0.717) is 12.5 Å². The second-order valence-corrected chi connectivity index (χ2v) is 9.65. The molecule has 1 fully saturated rings. The molecule has 4 rings (SSSR count). The molecule has 0 atom stereocenters. The fourth-order valence-corrected chi connectivity index (χ4v) is 4.84. The molecule has 1 saturated heterocycles. The number of nitrogen functional groups attached to an aromatic ring is 1. The van der Waals surface area contributed by atoms with Crippen molar-refractivity contribution in [1.82, 2.24) is 24.8 Å². The number of methoxy groups -OCH3 is 1. The van der Waals surface area contributed by atoms with Crippen molar-refractivity contribution in [1.29, 1.82) is 0 Å². The van der Waals surface area contributed by atoms with Crippen LogP contribution >= 0.6 is 0 Å². The predicted molar refractivity (Wildman–Crippen MR) is 144 cm³/mol. The smallest absolute Gasteiger partial charge is 0.222 e. The molecule has 3 aromatic rings. The van der Waals surface area contributed by atoms with E-state index in [1.54, 1.807) is 7.11 Å². The van der Waals surface area contributed by atoms with Gasteiger partial charge in [0.15, 0.2) is 5.82 Å². The minimum Gasteiger partial charge on any atom is -0.496 e. The molecule has 1 aliphatic rings. The summed E-state index contributed by atoms with van der Waals surface area (Å²) in [6, 6.07) is 8.60. The Kier molecular flexibility index (Phi) is 8.82. The number of unbranched alkanes of at least 4 members (excludes halogenated alkanes) is 2. The lowest BCUT2D eigenvalue weighted by molar-refractivity contribution is 0.0918. The summed E-state index contributed by atoms with van der Waals surface area (Å²) >= 11 is 0. The number of fused-ring (bicyclic) bond motifs is 1. The summed E-state index contributed by atoms with van der Waals surface area (Å²) < 4.78 is 7.98. The van der Waals surface area contributed by atoms with Crippen LogP contribution in [0.25, 0.3) is 11.0 Å². The second kappa shape index (κ2) is 12.2. The molecule has 1 aliphatic heterocycles. The van der Waals surface area contributed by atoms with Crippen molar-refractivity contribution in [3.05, 3.63) is 41.6 Å². The van der Waals surface area contributed by atoms with Crippen LogP contribution in [-0.4, -0.2) is 59.3 Å². The van der Waals surface area contributed by atoms with Gasteiger partial charge in [-0.1, -0.05) is 38.8 Å². The first-order valence-corrected chi connectivity index (χ1v) is 13.1. The van der Waals surface area contributed by atoms with Crippen LogP contribution < -0.4 is 21.1 Å². The summed E-state index contributed by atoms with van der Waals surface area (Å²) in [5, 5.41) is 7.01. The Morgan fingerprint density at radius 2 is 1.91 bits per heavy atom. The van der Waals surface area contributed by atoms with Gasteiger partial charge in [0.2, 0.25) is 5.95 Å². The molecule has 8 nitrogen and oxygen atoms in total. The number of benzene rings is 1. The summed E-state index contributed by atoms with van der Waals surface area (Å²) in [4.78, 5) is 11.4. The molecule has 190 valence electrons. The largest absolute Gasteiger partial charge is 0.496 e. The standard InChI is InChI=1S/C27H41N7O/c1-4-6-7-12-30-26-25-23(31-27(28)32-26)10-13-34(25)19-22-9-8-20(14-24(22)35-3)16-33-17-21(18-33)15-29-11-5-2/h8-10,13-14,21,29H,4-7,11-12,15-19H2,1-3H3,(H3,28,30,31,32). The van der Waals surface area contributed by atoms with Crippen LogP contribution in [0.2, 0.25) is 0 Å². The van der Waals surface area contributed by atoms with E-state index >= 15 is 0 Å². The van der Waals surface area contributed by atoms with E-state index < -0.39 is 0 Å². The van der Waals surface area contributed by atoms with Gasteiger partial charge in [-0.25, -0.2) is 4.98 Å². The molecule has 8 heteroatoms. The number of likely N-dealkylation sites (tertiary alicyclic amines) is 1. The molecular weight excluding hydrogens is 438 g/mol. The van der Waals surface area contributed by atoms with Crippen LogP contribution in [0.15, 0.2) is 30.5 Å². The van der Waals surface area contributed by atoms with Crippen LogP contribution in [0.3, 0.4) is 0 Å². The fraction of sp³-hybridized carbons (Fsp3) is 0.556. The SMILES string of the molecule is CCCCCNc1nc(N)nc2ccn(Cc3ccc(CN4CC(CNCCC)C4)cc3OC)c12. The summed E-state index contributed by atoms with van der Waals surface area (Å²) in [7, 11) is 1.75. The normalized spacial score (nSPS) is 14.4. The fourth-order valence-electron chi connectivity index (χ4n) is 4.84. The molecule has 0 unspecified atom stereocenters. The predicted octanol–water partition coefficient (Wildman–Crippen LogP) is 4.10. The molecule has 1 aromatic carbocycles. The van der Waals surface area contributed by atoms with Gasteiger partial charge in [-0.3, -0.25) is 4.90 Å². The first-order valence-electron chi connectivity index (χ1n) is 13.1. The number of nitrogens with zero attached hydrogens (tertiary/aromatic N) is 4. The molecule has 4 N–H and O–H groups in total. The molecule has 0 aliphatic carbocycles. The third-order valence-electron chi connectivity index (χ3n) is 6.69. The average Bonchev–Trinajstić information content (AvgIpc) is 3.23. The Bertz CT molecular complexity index is 1090. The number of hydrogen-bond acceptors (Lipinski definition) is 7. The highest BCUT2D eigenvalue weighted by Gasteiger charge is 2.26. The summed E-state index contributed by atoms with van der Waals surface area (Å²) in [6.07, 6.45) is 6.72. The Hall–Kier alpha value is -2.84. The van der Waals surface area contributed by atoms with E-state index in [9.17, 15) is 0 Å². The summed E-state index contributed by atoms with van der Waals surface area (Å²) in [6.45, 7) is 11.5. The lowest BCUT2D eigenvalue weighted by Gasteiger charge is -2.39. The number of nitrogens with two attached hydrogens (primary N) is 1. The minimum absolute atomic E-state index is 0.296. The maximum atomic E-state index is 5.98. The van der Waals surface area contributed by atoms with Gasteiger partial charge >= 0.3 is 0 Å². The summed E-state index contributed by atoms with van der Waals surface area (Å²) in [5.41, 5.74) is 10.2. The molecule has 35 heavy (non-hydrogen) atoms. The van der Waals surface area contributed by atoms with Gasteiger partial charge in [0, 0.05) is 44.5 Å². The summed E-state index contributed by atoms with van der Waals surface area (Å²) in [5.74, 6) is 2.78. The lowest BCUT2D eigenvalue weighted by Crippen LogP contribution is -2.50. The van der Waals surface area contributed by atoms with Crippen molar-refractivity contribution in [2.75, 3.05) is 50.9 Å². The third kappa shape index (κ3) is 6.44. The van der Waals surface area contributed by atoms with Crippen molar-refractivity contribution in [2.24, 2.45) is 5.92 Å². The highest BCUT2D eigenvalue weighted by atomic mass is 16.5. The Labute approximate surface area is 209 Å². The van der Waals surface area contributed by atoms with Gasteiger partial charge in [0.25, 0.3) is 0 Å². The number of rotatable bonds is 14. The molecule has 0 radical (unpaired) electrons. The topological polar surface area (TPSA) is 93.3 Å². The van der Waals surface area contributed by atoms with E-state index in [0.717, 1.165) is 79.8 Å². The first kappa shape index (κ1) is 25.3. The van der Waals surface area contributed by atoms with Crippen molar-refractivity contribution in [3.63, 3.8) is 0 Å². The highest BCUT2D eigenvalue weighted by Crippen LogP contribution is 2.28. The zero-order valence-corrected chi connectivity index (χ0v) is 21.5.